The van der Waals surface area contributed by atoms with E-state index >= 15 is 0 Å². The van der Waals surface area contributed by atoms with E-state index in [2.05, 4.69) is 20.5 Å². The molecule has 0 unspecified atom stereocenters. The van der Waals surface area contributed by atoms with Gasteiger partial charge in [-0.2, -0.15) is 4.68 Å². The third-order valence-corrected chi connectivity index (χ3v) is 4.38. The summed E-state index contributed by atoms with van der Waals surface area (Å²) in [5.74, 6) is 2.27. The lowest BCUT2D eigenvalue weighted by Crippen LogP contribution is -2.01. The van der Waals surface area contributed by atoms with Gasteiger partial charge in [0.1, 0.15) is 16.7 Å². The number of rotatable bonds is 5. The molecule has 0 atom stereocenters. The smallest absolute Gasteiger partial charge is 0.214 e. The molecule has 3 aromatic rings. The third-order valence-electron chi connectivity index (χ3n) is 3.12. The molecule has 0 aliphatic heterocycles. The van der Waals surface area contributed by atoms with E-state index in [1.807, 2.05) is 35.9 Å². The first-order valence-corrected chi connectivity index (χ1v) is 7.77. The summed E-state index contributed by atoms with van der Waals surface area (Å²) in [6.45, 7) is 0. The minimum atomic E-state index is 0.602. The van der Waals surface area contributed by atoms with Crippen LogP contribution in [0.4, 0.5) is 0 Å². The second-order valence-electron chi connectivity index (χ2n) is 4.42. The number of halogens is 1. The van der Waals surface area contributed by atoms with Crippen LogP contribution in [-0.4, -0.2) is 36.9 Å². The normalized spacial score (nSPS) is 10.9. The van der Waals surface area contributed by atoms with E-state index in [1.54, 1.807) is 18.0 Å². The van der Waals surface area contributed by atoms with Crippen molar-refractivity contribution in [1.82, 2.24) is 29.8 Å². The summed E-state index contributed by atoms with van der Waals surface area (Å²) in [6.07, 6.45) is 1.63. The Morgan fingerprint density at radius 3 is 2.68 bits per heavy atom. The highest BCUT2D eigenvalue weighted by Gasteiger charge is 2.12. The number of aromatic nitrogens is 6. The molecule has 22 heavy (non-hydrogen) atoms. The second kappa shape index (κ2) is 6.37. The lowest BCUT2D eigenvalue weighted by atomic mass is 10.3. The van der Waals surface area contributed by atoms with Gasteiger partial charge in [-0.05, 0) is 34.7 Å². The topological polar surface area (TPSA) is 70.7 Å². The lowest BCUT2D eigenvalue weighted by molar-refractivity contribution is 0.414. The third kappa shape index (κ3) is 2.93. The van der Waals surface area contributed by atoms with E-state index in [0.717, 1.165) is 17.3 Å². The number of hydrogen-bond donors (Lipinski definition) is 0. The molecule has 9 heteroatoms. The molecule has 0 radical (unpaired) electrons. The van der Waals surface area contributed by atoms with Gasteiger partial charge in [-0.15, -0.1) is 5.10 Å². The molecule has 0 saturated heterocycles. The standard InChI is InChI=1S/C13H13ClN6OS/c1-19-11(14)7-15-12(19)8-22-13-16-17-18-20(13)9-3-5-10(21-2)6-4-9/h3-7H,8H2,1-2H3. The van der Waals surface area contributed by atoms with Gasteiger partial charge < -0.3 is 9.30 Å². The zero-order valence-electron chi connectivity index (χ0n) is 12.0. The molecule has 0 spiro atoms. The fourth-order valence-corrected chi connectivity index (χ4v) is 2.87. The van der Waals surface area contributed by atoms with Gasteiger partial charge in [0, 0.05) is 7.05 Å². The minimum Gasteiger partial charge on any atom is -0.497 e. The lowest BCUT2D eigenvalue weighted by Gasteiger charge is -2.05. The molecule has 1 aromatic carbocycles. The Bertz CT molecular complexity index is 769. The van der Waals surface area contributed by atoms with E-state index in [-0.39, 0.29) is 0 Å². The quantitative estimate of drug-likeness (QED) is 0.666. The number of methoxy groups -OCH3 is 1. The monoisotopic (exact) mass is 336 g/mol. The molecule has 7 nitrogen and oxygen atoms in total. The fourth-order valence-electron chi connectivity index (χ4n) is 1.84. The van der Waals surface area contributed by atoms with E-state index in [0.29, 0.717) is 16.1 Å². The van der Waals surface area contributed by atoms with Crippen molar-refractivity contribution in [2.24, 2.45) is 7.05 Å². The first-order valence-electron chi connectivity index (χ1n) is 6.40. The van der Waals surface area contributed by atoms with Crippen molar-refractivity contribution in [3.05, 3.63) is 41.4 Å². The van der Waals surface area contributed by atoms with Crippen LogP contribution in [0.5, 0.6) is 5.75 Å². The van der Waals surface area contributed by atoms with Gasteiger partial charge in [0.05, 0.1) is 24.7 Å². The summed E-state index contributed by atoms with van der Waals surface area (Å²) in [7, 11) is 3.50. The first kappa shape index (κ1) is 14.9. The van der Waals surface area contributed by atoms with Gasteiger partial charge in [0.15, 0.2) is 0 Å². The first-order chi connectivity index (χ1) is 10.7. The molecule has 0 fully saturated rings. The van der Waals surface area contributed by atoms with Crippen LogP contribution in [0, 0.1) is 0 Å². The van der Waals surface area contributed by atoms with Crippen molar-refractivity contribution in [1.29, 1.82) is 0 Å². The Kier molecular flexibility index (Phi) is 4.30. The van der Waals surface area contributed by atoms with Crippen molar-refractivity contribution in [2.75, 3.05) is 7.11 Å². The van der Waals surface area contributed by atoms with Crippen LogP contribution in [0.3, 0.4) is 0 Å². The summed E-state index contributed by atoms with van der Waals surface area (Å²) in [5.41, 5.74) is 0.867. The van der Waals surface area contributed by atoms with Gasteiger partial charge in [-0.3, -0.25) is 0 Å². The highest BCUT2D eigenvalue weighted by atomic mass is 35.5. The number of imidazole rings is 1. The van der Waals surface area contributed by atoms with Crippen molar-refractivity contribution in [2.45, 2.75) is 10.9 Å². The van der Waals surface area contributed by atoms with Crippen LogP contribution in [-0.2, 0) is 12.8 Å². The predicted molar refractivity (Wildman–Crippen MR) is 83.5 cm³/mol. The summed E-state index contributed by atoms with van der Waals surface area (Å²) >= 11 is 7.47. The van der Waals surface area contributed by atoms with Crippen LogP contribution < -0.4 is 4.74 Å². The fraction of sp³-hybridized carbons (Fsp3) is 0.231. The molecule has 0 N–H and O–H groups in total. The number of tetrazole rings is 1. The Morgan fingerprint density at radius 2 is 2.05 bits per heavy atom. The minimum absolute atomic E-state index is 0.602. The summed E-state index contributed by atoms with van der Waals surface area (Å²) in [5, 5.41) is 13.1. The number of ether oxygens (including phenoxy) is 1. The molecule has 0 amide bonds. The zero-order chi connectivity index (χ0) is 15.5. The average molecular weight is 337 g/mol. The molecular weight excluding hydrogens is 324 g/mol. The highest BCUT2D eigenvalue weighted by molar-refractivity contribution is 7.98. The highest BCUT2D eigenvalue weighted by Crippen LogP contribution is 2.23. The van der Waals surface area contributed by atoms with Gasteiger partial charge in [-0.1, -0.05) is 23.4 Å². The van der Waals surface area contributed by atoms with Crippen molar-refractivity contribution in [3.63, 3.8) is 0 Å². The maximum Gasteiger partial charge on any atom is 0.214 e. The average Bonchev–Trinajstić information content (AvgIpc) is 3.14. The molecule has 0 saturated carbocycles. The largest absolute Gasteiger partial charge is 0.497 e. The number of benzene rings is 1. The predicted octanol–water partition coefficient (Wildman–Crippen LogP) is 2.35. The van der Waals surface area contributed by atoms with Crippen molar-refractivity contribution < 1.29 is 4.74 Å². The Balaban J connectivity index is 1.78. The van der Waals surface area contributed by atoms with Gasteiger partial charge in [0.2, 0.25) is 5.16 Å². The van der Waals surface area contributed by atoms with Gasteiger partial charge in [0.25, 0.3) is 0 Å². The van der Waals surface area contributed by atoms with Gasteiger partial charge in [-0.25, -0.2) is 4.98 Å². The molecule has 0 aliphatic carbocycles. The Morgan fingerprint density at radius 1 is 1.27 bits per heavy atom. The molecule has 0 aliphatic rings. The molecule has 2 heterocycles. The summed E-state index contributed by atoms with van der Waals surface area (Å²) in [6, 6.07) is 7.53. The van der Waals surface area contributed by atoms with E-state index in [4.69, 9.17) is 16.3 Å². The Hall–Kier alpha value is -2.06. The van der Waals surface area contributed by atoms with Gasteiger partial charge >= 0.3 is 0 Å². The van der Waals surface area contributed by atoms with E-state index in [9.17, 15) is 0 Å². The molecular formula is C13H13ClN6OS. The number of thioether (sulfide) groups is 1. The van der Waals surface area contributed by atoms with Crippen LogP contribution in [0.25, 0.3) is 5.69 Å². The summed E-state index contributed by atoms with van der Waals surface area (Å²) < 4.78 is 8.65. The maximum absolute atomic E-state index is 5.98. The van der Waals surface area contributed by atoms with Crippen molar-refractivity contribution >= 4 is 23.4 Å². The van der Waals surface area contributed by atoms with E-state index < -0.39 is 0 Å². The van der Waals surface area contributed by atoms with Crippen LogP contribution in [0.15, 0.2) is 35.6 Å². The molecule has 2 aromatic heterocycles. The molecule has 114 valence electrons. The Labute approximate surface area is 136 Å². The second-order valence-corrected chi connectivity index (χ2v) is 5.75. The molecule has 0 bridgehead atoms. The van der Waals surface area contributed by atoms with Crippen LogP contribution in [0.1, 0.15) is 5.82 Å². The number of hydrogen-bond acceptors (Lipinski definition) is 6. The zero-order valence-corrected chi connectivity index (χ0v) is 13.5. The van der Waals surface area contributed by atoms with E-state index in [1.165, 1.54) is 11.8 Å². The maximum atomic E-state index is 5.98. The number of nitrogens with zero attached hydrogens (tertiary/aromatic N) is 6. The SMILES string of the molecule is COc1ccc(-n2nnnc2SCc2ncc(Cl)n2C)cc1. The molecule has 3 rings (SSSR count). The van der Waals surface area contributed by atoms with Crippen LogP contribution >= 0.6 is 23.4 Å². The van der Waals surface area contributed by atoms with Crippen LogP contribution in [0.2, 0.25) is 5.15 Å². The summed E-state index contributed by atoms with van der Waals surface area (Å²) in [4.78, 5) is 4.26. The van der Waals surface area contributed by atoms with Crippen molar-refractivity contribution in [3.8, 4) is 11.4 Å².